The van der Waals surface area contributed by atoms with E-state index in [2.05, 4.69) is 42.6 Å². The molecule has 150 valence electrons. The molecule has 2 aromatic rings. The van der Waals surface area contributed by atoms with Crippen LogP contribution < -0.4 is 14.8 Å². The molecule has 3 nitrogen and oxygen atoms in total. The van der Waals surface area contributed by atoms with E-state index in [0.717, 1.165) is 30.6 Å². The van der Waals surface area contributed by atoms with E-state index in [4.69, 9.17) is 21.1 Å². The minimum absolute atomic E-state index is 0.461. The van der Waals surface area contributed by atoms with Gasteiger partial charge in [0.1, 0.15) is 6.61 Å². The molecular formula is C24H30ClNO2. The molecule has 0 amide bonds. The zero-order chi connectivity index (χ0) is 19.8. The Balaban J connectivity index is 1.55. The maximum atomic E-state index is 6.50. The van der Waals surface area contributed by atoms with Gasteiger partial charge in [0.2, 0.25) is 0 Å². The highest BCUT2D eigenvalue weighted by atomic mass is 35.5. The number of ether oxygens (including phenoxy) is 2. The van der Waals surface area contributed by atoms with Crippen LogP contribution in [0.4, 0.5) is 0 Å². The van der Waals surface area contributed by atoms with Crippen molar-refractivity contribution in [1.29, 1.82) is 0 Å². The summed E-state index contributed by atoms with van der Waals surface area (Å²) in [6.07, 6.45) is 8.71. The second kappa shape index (κ2) is 10.5. The van der Waals surface area contributed by atoms with E-state index in [-0.39, 0.29) is 0 Å². The fourth-order valence-corrected chi connectivity index (χ4v) is 3.76. The molecule has 0 aliphatic heterocycles. The van der Waals surface area contributed by atoms with Crippen molar-refractivity contribution in [3.05, 3.63) is 69.8 Å². The molecule has 0 atom stereocenters. The SMILES string of the molecule is COc1cc(CNCCC2=CCCCC2)cc(Cl)c1OCc1ccc(C)cc1. The van der Waals surface area contributed by atoms with Gasteiger partial charge in [0.15, 0.2) is 11.5 Å². The third-order valence-corrected chi connectivity index (χ3v) is 5.41. The predicted molar refractivity (Wildman–Crippen MR) is 116 cm³/mol. The lowest BCUT2D eigenvalue weighted by Gasteiger charge is -2.15. The van der Waals surface area contributed by atoms with Crippen LogP contribution in [0.1, 0.15) is 48.8 Å². The van der Waals surface area contributed by atoms with E-state index in [1.54, 1.807) is 12.7 Å². The molecule has 0 spiro atoms. The van der Waals surface area contributed by atoms with Crippen molar-refractivity contribution in [2.24, 2.45) is 0 Å². The minimum Gasteiger partial charge on any atom is -0.493 e. The van der Waals surface area contributed by atoms with Crippen molar-refractivity contribution < 1.29 is 9.47 Å². The number of aryl methyl sites for hydroxylation is 1. The van der Waals surface area contributed by atoms with Crippen LogP contribution >= 0.6 is 11.6 Å². The van der Waals surface area contributed by atoms with Gasteiger partial charge in [0.05, 0.1) is 12.1 Å². The molecule has 4 heteroatoms. The van der Waals surface area contributed by atoms with Crippen LogP contribution in [0.3, 0.4) is 0 Å². The number of hydrogen-bond acceptors (Lipinski definition) is 3. The molecule has 1 aliphatic rings. The van der Waals surface area contributed by atoms with Gasteiger partial charge in [-0.05, 0) is 68.8 Å². The number of rotatable bonds is 9. The van der Waals surface area contributed by atoms with Gasteiger partial charge in [-0.3, -0.25) is 0 Å². The quantitative estimate of drug-likeness (QED) is 0.401. The van der Waals surface area contributed by atoms with Gasteiger partial charge in [-0.15, -0.1) is 0 Å². The summed E-state index contributed by atoms with van der Waals surface area (Å²) in [5, 5.41) is 4.10. The Bertz CT molecular complexity index is 799. The summed E-state index contributed by atoms with van der Waals surface area (Å²) in [5.41, 5.74) is 5.03. The van der Waals surface area contributed by atoms with Gasteiger partial charge in [-0.25, -0.2) is 0 Å². The lowest BCUT2D eigenvalue weighted by atomic mass is 9.97. The molecule has 0 bridgehead atoms. The zero-order valence-electron chi connectivity index (χ0n) is 16.9. The number of hydrogen-bond donors (Lipinski definition) is 1. The summed E-state index contributed by atoms with van der Waals surface area (Å²) in [7, 11) is 1.65. The lowest BCUT2D eigenvalue weighted by Crippen LogP contribution is -2.16. The molecule has 0 saturated carbocycles. The van der Waals surface area contributed by atoms with Crippen LogP contribution in [0.25, 0.3) is 0 Å². The van der Waals surface area contributed by atoms with Gasteiger partial charge in [-0.1, -0.05) is 53.1 Å². The molecule has 0 fully saturated rings. The highest BCUT2D eigenvalue weighted by Gasteiger charge is 2.12. The number of nitrogens with one attached hydrogen (secondary N) is 1. The molecule has 0 saturated heterocycles. The highest BCUT2D eigenvalue weighted by Crippen LogP contribution is 2.37. The first-order valence-corrected chi connectivity index (χ1v) is 10.5. The topological polar surface area (TPSA) is 30.5 Å². The van der Waals surface area contributed by atoms with E-state index in [9.17, 15) is 0 Å². The molecule has 0 heterocycles. The second-order valence-electron chi connectivity index (χ2n) is 7.42. The molecule has 1 N–H and O–H groups in total. The number of methoxy groups -OCH3 is 1. The Morgan fingerprint density at radius 3 is 2.61 bits per heavy atom. The number of allylic oxidation sites excluding steroid dienone is 1. The average molecular weight is 400 g/mol. The number of benzene rings is 2. The summed E-state index contributed by atoms with van der Waals surface area (Å²) < 4.78 is 11.5. The largest absolute Gasteiger partial charge is 0.493 e. The fourth-order valence-electron chi connectivity index (χ4n) is 3.47. The van der Waals surface area contributed by atoms with Crippen LogP contribution in [-0.4, -0.2) is 13.7 Å². The standard InChI is InChI=1S/C24H30ClNO2/c1-18-8-10-20(11-9-18)17-28-24-22(25)14-21(15-23(24)27-2)16-26-13-12-19-6-4-3-5-7-19/h6,8-11,14-15,26H,3-5,7,12-13,16-17H2,1-2H3. The molecular weight excluding hydrogens is 370 g/mol. The first-order chi connectivity index (χ1) is 13.7. The van der Waals surface area contributed by atoms with Crippen molar-refractivity contribution >= 4 is 11.6 Å². The Morgan fingerprint density at radius 2 is 1.89 bits per heavy atom. The van der Waals surface area contributed by atoms with Gasteiger partial charge in [0.25, 0.3) is 0 Å². The van der Waals surface area contributed by atoms with E-state index in [1.807, 2.05) is 12.1 Å². The second-order valence-corrected chi connectivity index (χ2v) is 7.83. The zero-order valence-corrected chi connectivity index (χ0v) is 17.6. The molecule has 28 heavy (non-hydrogen) atoms. The van der Waals surface area contributed by atoms with Crippen LogP contribution in [0.2, 0.25) is 5.02 Å². The highest BCUT2D eigenvalue weighted by molar-refractivity contribution is 6.32. The Morgan fingerprint density at radius 1 is 1.07 bits per heavy atom. The van der Waals surface area contributed by atoms with Crippen molar-refractivity contribution in [3.63, 3.8) is 0 Å². The molecule has 0 unspecified atom stereocenters. The third kappa shape index (κ3) is 6.02. The summed E-state index contributed by atoms with van der Waals surface area (Å²) in [6.45, 7) is 4.28. The summed E-state index contributed by atoms with van der Waals surface area (Å²) >= 11 is 6.50. The molecule has 0 aromatic heterocycles. The molecule has 3 rings (SSSR count). The Labute approximate surface area is 173 Å². The smallest absolute Gasteiger partial charge is 0.180 e. The molecule has 1 aliphatic carbocycles. The monoisotopic (exact) mass is 399 g/mol. The molecule has 2 aromatic carbocycles. The Hall–Kier alpha value is -1.97. The van der Waals surface area contributed by atoms with Crippen LogP contribution in [0.5, 0.6) is 11.5 Å². The van der Waals surface area contributed by atoms with Gasteiger partial charge in [0, 0.05) is 6.54 Å². The predicted octanol–water partition coefficient (Wildman–Crippen LogP) is 6.22. The first-order valence-electron chi connectivity index (χ1n) is 10.1. The van der Waals surface area contributed by atoms with Gasteiger partial charge >= 0.3 is 0 Å². The fraction of sp³-hybridized carbons (Fsp3) is 0.417. The third-order valence-electron chi connectivity index (χ3n) is 5.13. The van der Waals surface area contributed by atoms with E-state index >= 15 is 0 Å². The van der Waals surface area contributed by atoms with E-state index in [0.29, 0.717) is 23.1 Å². The lowest BCUT2D eigenvalue weighted by molar-refractivity contribution is 0.284. The summed E-state index contributed by atoms with van der Waals surface area (Å²) in [4.78, 5) is 0. The van der Waals surface area contributed by atoms with Crippen LogP contribution in [0.15, 0.2) is 48.0 Å². The van der Waals surface area contributed by atoms with Crippen molar-refractivity contribution in [2.45, 2.75) is 52.2 Å². The van der Waals surface area contributed by atoms with Crippen molar-refractivity contribution in [2.75, 3.05) is 13.7 Å². The first kappa shape index (κ1) is 20.8. The maximum Gasteiger partial charge on any atom is 0.180 e. The van der Waals surface area contributed by atoms with Crippen LogP contribution in [-0.2, 0) is 13.2 Å². The minimum atomic E-state index is 0.461. The average Bonchev–Trinajstić information content (AvgIpc) is 2.72. The van der Waals surface area contributed by atoms with Gasteiger partial charge in [-0.2, -0.15) is 0 Å². The maximum absolute atomic E-state index is 6.50. The number of halogens is 1. The van der Waals surface area contributed by atoms with Gasteiger partial charge < -0.3 is 14.8 Å². The van der Waals surface area contributed by atoms with E-state index < -0.39 is 0 Å². The van der Waals surface area contributed by atoms with Crippen LogP contribution in [0, 0.1) is 6.92 Å². The summed E-state index contributed by atoms with van der Waals surface area (Å²) in [5.74, 6) is 1.27. The Kier molecular flexibility index (Phi) is 7.81. The molecule has 0 radical (unpaired) electrons. The van der Waals surface area contributed by atoms with Crippen molar-refractivity contribution in [1.82, 2.24) is 5.32 Å². The summed E-state index contributed by atoms with van der Waals surface area (Å²) in [6, 6.07) is 12.3. The van der Waals surface area contributed by atoms with Crippen molar-refractivity contribution in [3.8, 4) is 11.5 Å². The van der Waals surface area contributed by atoms with E-state index in [1.165, 1.54) is 31.2 Å². The normalized spacial score (nSPS) is 13.9.